The summed E-state index contributed by atoms with van der Waals surface area (Å²) in [5.41, 5.74) is 2.41. The third-order valence-electron chi connectivity index (χ3n) is 4.14. The fraction of sp³-hybridized carbons (Fsp3) is 0.0455. The molecule has 0 atom stereocenters. The fourth-order valence-electron chi connectivity index (χ4n) is 2.86. The number of thioether (sulfide) groups is 1. The molecule has 0 saturated carbocycles. The topological polar surface area (TPSA) is 80.0 Å². The van der Waals surface area contributed by atoms with Crippen molar-refractivity contribution in [2.45, 2.75) is 5.16 Å². The lowest BCUT2D eigenvalue weighted by Crippen LogP contribution is -2.14. The van der Waals surface area contributed by atoms with Gasteiger partial charge in [0.05, 0.1) is 5.75 Å². The molecular formula is C22H18N4O2S. The summed E-state index contributed by atoms with van der Waals surface area (Å²) < 4.78 is 1.95. The number of rotatable bonds is 6. The Morgan fingerprint density at radius 3 is 2.38 bits per heavy atom. The van der Waals surface area contributed by atoms with Crippen molar-refractivity contribution in [2.24, 2.45) is 0 Å². The van der Waals surface area contributed by atoms with Gasteiger partial charge in [0.15, 0.2) is 11.0 Å². The molecule has 144 valence electrons. The molecule has 0 aliphatic rings. The van der Waals surface area contributed by atoms with Crippen molar-refractivity contribution in [2.75, 3.05) is 11.1 Å². The lowest BCUT2D eigenvalue weighted by atomic mass is 10.2. The van der Waals surface area contributed by atoms with E-state index in [-0.39, 0.29) is 17.4 Å². The number of hydrogen-bond acceptors (Lipinski definition) is 5. The zero-order valence-corrected chi connectivity index (χ0v) is 16.2. The van der Waals surface area contributed by atoms with Gasteiger partial charge in [0.1, 0.15) is 5.75 Å². The van der Waals surface area contributed by atoms with Crippen LogP contribution in [0.4, 0.5) is 5.69 Å². The van der Waals surface area contributed by atoms with Crippen LogP contribution in [0.3, 0.4) is 0 Å². The molecule has 0 aliphatic carbocycles. The van der Waals surface area contributed by atoms with Crippen LogP contribution in [0.1, 0.15) is 0 Å². The van der Waals surface area contributed by atoms with Crippen molar-refractivity contribution >= 4 is 23.4 Å². The second-order valence-corrected chi connectivity index (χ2v) is 7.17. The molecule has 0 spiro atoms. The average Bonchev–Trinajstić information content (AvgIpc) is 3.17. The van der Waals surface area contributed by atoms with Crippen molar-refractivity contribution in [1.29, 1.82) is 0 Å². The maximum atomic E-state index is 12.4. The monoisotopic (exact) mass is 402 g/mol. The first kappa shape index (κ1) is 18.8. The second kappa shape index (κ2) is 8.62. The number of phenolic OH excluding ortho intramolecular Hbond substituents is 1. The number of amides is 1. The molecule has 4 rings (SSSR count). The van der Waals surface area contributed by atoms with E-state index in [1.54, 1.807) is 18.2 Å². The molecule has 0 aliphatic heterocycles. The smallest absolute Gasteiger partial charge is 0.234 e. The number of hydrogen-bond donors (Lipinski definition) is 2. The zero-order valence-electron chi connectivity index (χ0n) is 15.4. The van der Waals surface area contributed by atoms with Crippen molar-refractivity contribution in [1.82, 2.24) is 14.8 Å². The number of para-hydroxylation sites is 1. The molecule has 1 amide bonds. The van der Waals surface area contributed by atoms with Gasteiger partial charge in [0.2, 0.25) is 5.91 Å². The van der Waals surface area contributed by atoms with Crippen LogP contribution in [-0.2, 0) is 4.79 Å². The summed E-state index contributed by atoms with van der Waals surface area (Å²) in [4.78, 5) is 12.4. The van der Waals surface area contributed by atoms with Crippen LogP contribution in [-0.4, -0.2) is 31.5 Å². The highest BCUT2D eigenvalue weighted by molar-refractivity contribution is 7.99. The van der Waals surface area contributed by atoms with Gasteiger partial charge in [0, 0.05) is 23.0 Å². The van der Waals surface area contributed by atoms with E-state index in [2.05, 4.69) is 15.5 Å². The molecule has 4 aromatic rings. The third-order valence-corrected chi connectivity index (χ3v) is 5.07. The summed E-state index contributed by atoms with van der Waals surface area (Å²) in [6, 6.07) is 26.1. The van der Waals surface area contributed by atoms with Crippen LogP contribution in [0.2, 0.25) is 0 Å². The molecule has 2 N–H and O–H groups in total. The summed E-state index contributed by atoms with van der Waals surface area (Å²) >= 11 is 1.30. The van der Waals surface area contributed by atoms with Gasteiger partial charge in [0.25, 0.3) is 0 Å². The molecule has 29 heavy (non-hydrogen) atoms. The van der Waals surface area contributed by atoms with Gasteiger partial charge in [-0.15, -0.1) is 10.2 Å². The Bertz CT molecular complexity index is 1110. The maximum absolute atomic E-state index is 12.4. The van der Waals surface area contributed by atoms with E-state index in [1.165, 1.54) is 17.8 Å². The lowest BCUT2D eigenvalue weighted by molar-refractivity contribution is -0.113. The van der Waals surface area contributed by atoms with Crippen LogP contribution in [0, 0.1) is 0 Å². The number of nitrogens with one attached hydrogen (secondary N) is 1. The van der Waals surface area contributed by atoms with E-state index in [1.807, 2.05) is 65.2 Å². The number of benzene rings is 3. The van der Waals surface area contributed by atoms with Crippen molar-refractivity contribution in [3.63, 3.8) is 0 Å². The molecule has 0 saturated heterocycles. The van der Waals surface area contributed by atoms with Crippen molar-refractivity contribution in [3.05, 3.63) is 84.9 Å². The number of anilines is 1. The zero-order chi connectivity index (χ0) is 20.1. The highest BCUT2D eigenvalue weighted by Gasteiger charge is 2.17. The standard InChI is InChI=1S/C22H18N4O2S/c27-19-13-7-10-17(14-19)23-20(28)15-29-22-25-24-21(16-8-3-1-4-9-16)26(22)18-11-5-2-6-12-18/h1-14,27H,15H2,(H,23,28). The van der Waals surface area contributed by atoms with E-state index in [9.17, 15) is 9.90 Å². The van der Waals surface area contributed by atoms with E-state index in [0.717, 1.165) is 11.3 Å². The molecule has 3 aromatic carbocycles. The molecule has 1 aromatic heterocycles. The summed E-state index contributed by atoms with van der Waals surface area (Å²) in [5, 5.41) is 21.6. The molecule has 0 unspecified atom stereocenters. The highest BCUT2D eigenvalue weighted by Crippen LogP contribution is 2.28. The number of carbonyl (C=O) groups excluding carboxylic acids is 1. The van der Waals surface area contributed by atoms with Gasteiger partial charge in [-0.1, -0.05) is 66.4 Å². The Labute approximate surface area is 172 Å². The molecule has 0 bridgehead atoms. The van der Waals surface area contributed by atoms with Gasteiger partial charge in [-0.25, -0.2) is 0 Å². The molecule has 1 heterocycles. The minimum absolute atomic E-state index is 0.103. The Kier molecular flexibility index (Phi) is 5.58. The predicted molar refractivity (Wildman–Crippen MR) is 114 cm³/mol. The fourth-order valence-corrected chi connectivity index (χ4v) is 3.61. The largest absolute Gasteiger partial charge is 0.508 e. The Morgan fingerprint density at radius 1 is 0.931 bits per heavy atom. The summed E-state index contributed by atoms with van der Waals surface area (Å²) in [5.74, 6) is 0.791. The first-order chi connectivity index (χ1) is 14.2. The van der Waals surface area contributed by atoms with E-state index in [4.69, 9.17) is 0 Å². The van der Waals surface area contributed by atoms with Gasteiger partial charge < -0.3 is 10.4 Å². The number of phenols is 1. The van der Waals surface area contributed by atoms with Gasteiger partial charge in [-0.2, -0.15) is 0 Å². The van der Waals surface area contributed by atoms with Gasteiger partial charge in [-0.05, 0) is 24.3 Å². The lowest BCUT2D eigenvalue weighted by Gasteiger charge is -2.10. The van der Waals surface area contributed by atoms with Crippen LogP contribution in [0.25, 0.3) is 17.1 Å². The van der Waals surface area contributed by atoms with E-state index >= 15 is 0 Å². The number of carbonyl (C=O) groups is 1. The quantitative estimate of drug-likeness (QED) is 0.468. The molecule has 0 fully saturated rings. The van der Waals surface area contributed by atoms with Crippen LogP contribution in [0.5, 0.6) is 5.75 Å². The minimum atomic E-state index is -0.190. The molecule has 7 heteroatoms. The number of aromatic nitrogens is 3. The van der Waals surface area contributed by atoms with Gasteiger partial charge in [-0.3, -0.25) is 9.36 Å². The third kappa shape index (κ3) is 4.47. The summed E-state index contributed by atoms with van der Waals surface area (Å²) in [6.07, 6.45) is 0. The maximum Gasteiger partial charge on any atom is 0.234 e. The number of nitrogens with zero attached hydrogens (tertiary/aromatic N) is 3. The van der Waals surface area contributed by atoms with Crippen LogP contribution in [0.15, 0.2) is 90.1 Å². The van der Waals surface area contributed by atoms with Crippen LogP contribution >= 0.6 is 11.8 Å². The first-order valence-electron chi connectivity index (χ1n) is 8.98. The van der Waals surface area contributed by atoms with Gasteiger partial charge >= 0.3 is 0 Å². The SMILES string of the molecule is O=C(CSc1nnc(-c2ccccc2)n1-c1ccccc1)Nc1cccc(O)c1. The molecular weight excluding hydrogens is 384 g/mol. The van der Waals surface area contributed by atoms with E-state index < -0.39 is 0 Å². The molecule has 0 radical (unpaired) electrons. The second-order valence-electron chi connectivity index (χ2n) is 6.23. The van der Waals surface area contributed by atoms with Crippen LogP contribution < -0.4 is 5.32 Å². The first-order valence-corrected chi connectivity index (χ1v) is 9.97. The van der Waals surface area contributed by atoms with Crippen molar-refractivity contribution < 1.29 is 9.90 Å². The average molecular weight is 402 g/mol. The Balaban J connectivity index is 1.57. The number of aromatic hydroxyl groups is 1. The summed E-state index contributed by atoms with van der Waals surface area (Å²) in [7, 11) is 0. The molecule has 6 nitrogen and oxygen atoms in total. The predicted octanol–water partition coefficient (Wildman–Crippen LogP) is 4.37. The highest BCUT2D eigenvalue weighted by atomic mass is 32.2. The minimum Gasteiger partial charge on any atom is -0.508 e. The Morgan fingerprint density at radius 2 is 1.66 bits per heavy atom. The van der Waals surface area contributed by atoms with Crippen molar-refractivity contribution in [3.8, 4) is 22.8 Å². The van der Waals surface area contributed by atoms with E-state index in [0.29, 0.717) is 16.7 Å². The Hall–Kier alpha value is -3.58. The normalized spacial score (nSPS) is 10.6. The summed E-state index contributed by atoms with van der Waals surface area (Å²) in [6.45, 7) is 0.